The first-order valence-electron chi connectivity index (χ1n) is 17.5. The summed E-state index contributed by atoms with van der Waals surface area (Å²) < 4.78 is 8.98. The minimum atomic E-state index is 0.558. The normalized spacial score (nSPS) is 11.8. The molecule has 0 N–H and O–H groups in total. The summed E-state index contributed by atoms with van der Waals surface area (Å²) in [5.41, 5.74) is 7.86. The van der Waals surface area contributed by atoms with E-state index < -0.39 is 0 Å². The monoisotopic (exact) mass is 664 g/mol. The first-order valence-corrected chi connectivity index (χ1v) is 17.5. The van der Waals surface area contributed by atoms with Crippen molar-refractivity contribution in [1.29, 1.82) is 0 Å². The summed E-state index contributed by atoms with van der Waals surface area (Å²) in [6.07, 6.45) is 0. The van der Waals surface area contributed by atoms with Crippen LogP contribution in [-0.4, -0.2) is 19.5 Å². The van der Waals surface area contributed by atoms with E-state index in [-0.39, 0.29) is 0 Å². The second-order valence-electron chi connectivity index (χ2n) is 13.2. The molecule has 11 rings (SSSR count). The third kappa shape index (κ3) is 4.26. The highest BCUT2D eigenvalue weighted by molar-refractivity contribution is 6.36. The van der Waals surface area contributed by atoms with Crippen LogP contribution >= 0.6 is 0 Å². The Morgan fingerprint density at radius 2 is 0.942 bits per heavy atom. The van der Waals surface area contributed by atoms with Crippen LogP contribution in [0.4, 0.5) is 0 Å². The van der Waals surface area contributed by atoms with Gasteiger partial charge >= 0.3 is 0 Å². The van der Waals surface area contributed by atoms with Crippen molar-refractivity contribution in [1.82, 2.24) is 19.5 Å². The van der Waals surface area contributed by atoms with E-state index in [2.05, 4.69) is 138 Å². The van der Waals surface area contributed by atoms with E-state index in [0.717, 1.165) is 71.4 Å². The van der Waals surface area contributed by atoms with Gasteiger partial charge in [-0.15, -0.1) is 0 Å². The lowest BCUT2D eigenvalue weighted by atomic mass is 9.95. The molecule has 0 unspecified atom stereocenters. The zero-order chi connectivity index (χ0) is 34.2. The molecule has 8 aromatic carbocycles. The molecule has 3 heterocycles. The van der Waals surface area contributed by atoms with E-state index in [1.807, 2.05) is 36.4 Å². The summed E-state index contributed by atoms with van der Waals surface area (Å²) in [6.45, 7) is 0. The van der Waals surface area contributed by atoms with E-state index in [0.29, 0.717) is 17.6 Å². The average molecular weight is 665 g/mol. The van der Waals surface area contributed by atoms with Crippen LogP contribution in [0.5, 0.6) is 0 Å². The first-order chi connectivity index (χ1) is 25.8. The minimum absolute atomic E-state index is 0.558. The molecule has 0 saturated carbocycles. The van der Waals surface area contributed by atoms with Crippen molar-refractivity contribution < 1.29 is 4.42 Å². The lowest BCUT2D eigenvalue weighted by Crippen LogP contribution is -2.06. The molecule has 52 heavy (non-hydrogen) atoms. The Kier molecular flexibility index (Phi) is 6.18. The second-order valence-corrected chi connectivity index (χ2v) is 13.2. The summed E-state index contributed by atoms with van der Waals surface area (Å²) in [5.74, 6) is 1.78. The summed E-state index contributed by atoms with van der Waals surface area (Å²) in [6, 6.07) is 58.9. The maximum atomic E-state index is 6.80. The second kappa shape index (κ2) is 11.2. The molecule has 0 aliphatic heterocycles. The highest BCUT2D eigenvalue weighted by Crippen LogP contribution is 2.46. The van der Waals surface area contributed by atoms with Gasteiger partial charge in [-0.1, -0.05) is 146 Å². The van der Waals surface area contributed by atoms with E-state index in [9.17, 15) is 0 Å². The quantitative estimate of drug-likeness (QED) is 0.176. The van der Waals surface area contributed by atoms with Crippen LogP contribution < -0.4 is 0 Å². The lowest BCUT2D eigenvalue weighted by molar-refractivity contribution is 0.673. The predicted octanol–water partition coefficient (Wildman–Crippen LogP) is 12.2. The molecule has 242 valence electrons. The standard InChI is InChI=1S/C47H28N4O/c1-3-14-29(15-4-1)31-18-13-19-32(28-31)46-48-45(30-16-5-2-6-17-30)49-47(50-46)51-38-25-12-11-24-37(38)41-39(51)26-27-40-43(41)42-35-22-9-7-20-33(35)34-21-8-10-23-36(34)44(42)52-40/h1-28H. The van der Waals surface area contributed by atoms with Crippen LogP contribution in [0.15, 0.2) is 174 Å². The van der Waals surface area contributed by atoms with Gasteiger partial charge in [-0.25, -0.2) is 4.98 Å². The van der Waals surface area contributed by atoms with Gasteiger partial charge in [-0.2, -0.15) is 9.97 Å². The molecule has 5 heteroatoms. The Balaban J connectivity index is 1.24. The van der Waals surface area contributed by atoms with E-state index in [1.165, 1.54) is 16.2 Å². The van der Waals surface area contributed by atoms with Crippen molar-refractivity contribution in [3.05, 3.63) is 170 Å². The van der Waals surface area contributed by atoms with Crippen molar-refractivity contribution in [2.45, 2.75) is 0 Å². The molecule has 0 saturated heterocycles. The van der Waals surface area contributed by atoms with Crippen molar-refractivity contribution >= 4 is 65.3 Å². The zero-order valence-electron chi connectivity index (χ0n) is 27.9. The van der Waals surface area contributed by atoms with Gasteiger partial charge in [0.1, 0.15) is 11.2 Å². The summed E-state index contributed by atoms with van der Waals surface area (Å²) in [7, 11) is 0. The fourth-order valence-corrected chi connectivity index (χ4v) is 7.94. The van der Waals surface area contributed by atoms with Gasteiger partial charge in [0.2, 0.25) is 5.95 Å². The number of nitrogens with zero attached hydrogens (tertiary/aromatic N) is 4. The highest BCUT2D eigenvalue weighted by atomic mass is 16.3. The summed E-state index contributed by atoms with van der Waals surface area (Å²) >= 11 is 0. The molecule has 0 spiro atoms. The summed E-state index contributed by atoms with van der Waals surface area (Å²) in [5, 5.41) is 9.11. The lowest BCUT2D eigenvalue weighted by Gasteiger charge is -2.11. The zero-order valence-corrected chi connectivity index (χ0v) is 27.9. The Hall–Kier alpha value is -7.11. The van der Waals surface area contributed by atoms with Gasteiger partial charge < -0.3 is 4.42 Å². The fourth-order valence-electron chi connectivity index (χ4n) is 7.94. The molecule has 0 atom stereocenters. The minimum Gasteiger partial charge on any atom is -0.455 e. The largest absolute Gasteiger partial charge is 0.455 e. The molecule has 5 nitrogen and oxygen atoms in total. The van der Waals surface area contributed by atoms with Crippen molar-refractivity contribution in [3.8, 4) is 39.9 Å². The predicted molar refractivity (Wildman–Crippen MR) is 213 cm³/mol. The molecule has 0 aliphatic carbocycles. The van der Waals surface area contributed by atoms with Gasteiger partial charge in [0, 0.05) is 38.1 Å². The molecule has 0 bridgehead atoms. The van der Waals surface area contributed by atoms with Crippen molar-refractivity contribution in [2.75, 3.05) is 0 Å². The maximum Gasteiger partial charge on any atom is 0.238 e. The Morgan fingerprint density at radius 1 is 0.365 bits per heavy atom. The molecule has 0 amide bonds. The Bertz CT molecular complexity index is 3180. The summed E-state index contributed by atoms with van der Waals surface area (Å²) in [4.78, 5) is 15.5. The van der Waals surface area contributed by atoms with Crippen LogP contribution in [0.25, 0.3) is 105 Å². The molecule has 11 aromatic rings. The molecular weight excluding hydrogens is 637 g/mol. The number of benzene rings is 8. The van der Waals surface area contributed by atoms with Crippen LogP contribution in [0.3, 0.4) is 0 Å². The number of hydrogen-bond donors (Lipinski definition) is 0. The van der Waals surface area contributed by atoms with Gasteiger partial charge in [-0.3, -0.25) is 4.57 Å². The van der Waals surface area contributed by atoms with Crippen molar-refractivity contribution in [3.63, 3.8) is 0 Å². The first kappa shape index (κ1) is 28.7. The van der Waals surface area contributed by atoms with Gasteiger partial charge in [0.25, 0.3) is 0 Å². The van der Waals surface area contributed by atoms with Crippen LogP contribution in [0.2, 0.25) is 0 Å². The average Bonchev–Trinajstić information content (AvgIpc) is 3.78. The smallest absolute Gasteiger partial charge is 0.238 e. The van der Waals surface area contributed by atoms with Gasteiger partial charge in [0.05, 0.1) is 11.0 Å². The van der Waals surface area contributed by atoms with Crippen LogP contribution in [0.1, 0.15) is 0 Å². The molecule has 3 aromatic heterocycles. The van der Waals surface area contributed by atoms with Crippen molar-refractivity contribution in [2.24, 2.45) is 0 Å². The van der Waals surface area contributed by atoms with Gasteiger partial charge in [0.15, 0.2) is 11.6 Å². The Morgan fingerprint density at radius 3 is 1.71 bits per heavy atom. The molecule has 0 radical (unpaired) electrons. The highest BCUT2D eigenvalue weighted by Gasteiger charge is 2.23. The maximum absolute atomic E-state index is 6.80. The third-order valence-electron chi connectivity index (χ3n) is 10.2. The molecule has 0 fully saturated rings. The van der Waals surface area contributed by atoms with Crippen LogP contribution in [-0.2, 0) is 0 Å². The van der Waals surface area contributed by atoms with E-state index in [4.69, 9.17) is 19.4 Å². The topological polar surface area (TPSA) is 56.7 Å². The van der Waals surface area contributed by atoms with Gasteiger partial charge in [-0.05, 0) is 51.6 Å². The molecular formula is C47H28N4O. The van der Waals surface area contributed by atoms with E-state index >= 15 is 0 Å². The molecule has 0 aliphatic rings. The Labute approximate surface area is 298 Å². The number of fused-ring (bicyclic) bond motifs is 12. The number of hydrogen-bond acceptors (Lipinski definition) is 4. The SMILES string of the molecule is c1ccc(-c2cccc(-c3nc(-c4ccccc4)nc(-n4c5ccccc5c5c6c(ccc54)oc4c5ccccc5c5ccccc5c46)n3)c2)cc1. The van der Waals surface area contributed by atoms with Crippen LogP contribution in [0, 0.1) is 0 Å². The van der Waals surface area contributed by atoms with E-state index in [1.54, 1.807) is 0 Å². The number of para-hydroxylation sites is 1. The number of rotatable bonds is 4. The number of furan rings is 1. The number of aromatic nitrogens is 4. The third-order valence-corrected chi connectivity index (χ3v) is 10.2. The fraction of sp³-hybridized carbons (Fsp3) is 0.